The highest BCUT2D eigenvalue weighted by Crippen LogP contribution is 2.48. The van der Waals surface area contributed by atoms with Crippen LogP contribution in [0.4, 0.5) is 14.7 Å². The van der Waals surface area contributed by atoms with Gasteiger partial charge in [-0.2, -0.15) is 4.98 Å². The Bertz CT molecular complexity index is 1880. The molecule has 3 aromatic carbocycles. The van der Waals surface area contributed by atoms with Crippen molar-refractivity contribution in [1.82, 2.24) is 19.5 Å². The SMILES string of the molecule is COc1ccc(C(Nc2nc3c(ncn3[C@@H]3O[C@](F)(CO[PH](C)=O)[C@@H](F)[C@@]3(C)O)c(=O)[nH]2)(c2ccccc2)c2ccccc2)cc1. The number of hydrogen-bond donors (Lipinski definition) is 3. The number of imidazole rings is 1. The van der Waals surface area contributed by atoms with Gasteiger partial charge in [0.15, 0.2) is 31.6 Å². The molecule has 1 aliphatic heterocycles. The number of benzene rings is 3. The number of nitrogens with one attached hydrogen (secondary N) is 2. The smallest absolute Gasteiger partial charge is 0.280 e. The molecule has 0 spiro atoms. The van der Waals surface area contributed by atoms with Crippen molar-refractivity contribution in [3.05, 3.63) is 118 Å². The predicted octanol–water partition coefficient (Wildman–Crippen LogP) is 4.94. The minimum atomic E-state index is -3.13. The van der Waals surface area contributed by atoms with Crippen LogP contribution in [-0.2, 0) is 19.4 Å². The van der Waals surface area contributed by atoms with Gasteiger partial charge in [0.25, 0.3) is 11.4 Å². The quantitative estimate of drug-likeness (QED) is 0.142. The minimum Gasteiger partial charge on any atom is -0.497 e. The topological polar surface area (TPSA) is 141 Å². The first-order valence-corrected chi connectivity index (χ1v) is 16.2. The second-order valence-electron chi connectivity index (χ2n) is 11.2. The van der Waals surface area contributed by atoms with Gasteiger partial charge in [-0.15, -0.1) is 0 Å². The molecule has 1 aliphatic rings. The van der Waals surface area contributed by atoms with Gasteiger partial charge in [0.2, 0.25) is 5.95 Å². The normalized spacial score (nSPS) is 23.8. The number of nitrogens with zero attached hydrogens (tertiary/aromatic N) is 3. The summed E-state index contributed by atoms with van der Waals surface area (Å²) in [6, 6.07) is 26.5. The Balaban J connectivity index is 1.51. The van der Waals surface area contributed by atoms with E-state index in [9.17, 15) is 14.5 Å². The maximum Gasteiger partial charge on any atom is 0.280 e. The predicted molar refractivity (Wildman–Crippen MR) is 168 cm³/mol. The molecular formula is C32H32F2N5O6P. The Kier molecular flexibility index (Phi) is 8.28. The lowest BCUT2D eigenvalue weighted by molar-refractivity contribution is -0.191. The zero-order valence-electron chi connectivity index (χ0n) is 25.1. The van der Waals surface area contributed by atoms with Crippen LogP contribution >= 0.6 is 8.03 Å². The van der Waals surface area contributed by atoms with Crippen molar-refractivity contribution in [3.63, 3.8) is 0 Å². The number of anilines is 1. The van der Waals surface area contributed by atoms with Crippen molar-refractivity contribution in [2.45, 2.75) is 36.3 Å². The van der Waals surface area contributed by atoms with E-state index in [4.69, 9.17) is 14.0 Å². The molecule has 11 nitrogen and oxygen atoms in total. The maximum atomic E-state index is 15.7. The number of fused-ring (bicyclic) bond motifs is 1. The molecule has 1 fully saturated rings. The van der Waals surface area contributed by atoms with E-state index < -0.39 is 49.6 Å². The molecular weight excluding hydrogens is 619 g/mol. The third-order valence-corrected chi connectivity index (χ3v) is 8.65. The van der Waals surface area contributed by atoms with E-state index in [0.29, 0.717) is 5.75 Å². The Labute approximate surface area is 263 Å². The molecule has 6 rings (SSSR count). The molecule has 240 valence electrons. The molecule has 0 saturated carbocycles. The van der Waals surface area contributed by atoms with Crippen LogP contribution in [0.3, 0.4) is 0 Å². The number of hydrogen-bond acceptors (Lipinski definition) is 9. The monoisotopic (exact) mass is 651 g/mol. The van der Waals surface area contributed by atoms with E-state index in [1.807, 2.05) is 84.9 Å². The van der Waals surface area contributed by atoms with Crippen LogP contribution in [0, 0.1) is 0 Å². The lowest BCUT2D eigenvalue weighted by atomic mass is 9.77. The van der Waals surface area contributed by atoms with Crippen molar-refractivity contribution in [2.75, 3.05) is 25.7 Å². The molecule has 5 aromatic rings. The molecule has 46 heavy (non-hydrogen) atoms. The zero-order chi connectivity index (χ0) is 32.7. The van der Waals surface area contributed by atoms with E-state index in [1.165, 1.54) is 6.66 Å². The summed E-state index contributed by atoms with van der Waals surface area (Å²) in [6.45, 7) is 1.26. The molecule has 0 bridgehead atoms. The fraction of sp³-hybridized carbons (Fsp3) is 0.281. The van der Waals surface area contributed by atoms with Gasteiger partial charge in [-0.05, 0) is 35.7 Å². The second-order valence-corrected chi connectivity index (χ2v) is 12.5. The largest absolute Gasteiger partial charge is 0.497 e. The van der Waals surface area contributed by atoms with Crippen molar-refractivity contribution < 1.29 is 32.4 Å². The van der Waals surface area contributed by atoms with Crippen LogP contribution in [0.15, 0.2) is 96.1 Å². The highest BCUT2D eigenvalue weighted by molar-refractivity contribution is 7.38. The number of H-pyrrole nitrogens is 1. The Hall–Kier alpha value is -4.42. The van der Waals surface area contributed by atoms with Gasteiger partial charge in [-0.25, -0.2) is 13.8 Å². The minimum absolute atomic E-state index is 0.00311. The highest BCUT2D eigenvalue weighted by atomic mass is 31.1. The summed E-state index contributed by atoms with van der Waals surface area (Å²) in [4.78, 5) is 24.9. The van der Waals surface area contributed by atoms with Gasteiger partial charge in [-0.3, -0.25) is 18.9 Å². The Morgan fingerprint density at radius 1 is 1.07 bits per heavy atom. The number of ether oxygens (including phenoxy) is 2. The molecule has 5 atom stereocenters. The van der Waals surface area contributed by atoms with Crippen molar-refractivity contribution in [3.8, 4) is 5.75 Å². The first-order chi connectivity index (χ1) is 22.0. The fourth-order valence-electron chi connectivity index (χ4n) is 5.84. The summed E-state index contributed by atoms with van der Waals surface area (Å²) < 4.78 is 59.3. The molecule has 0 amide bonds. The molecule has 0 aliphatic carbocycles. The summed E-state index contributed by atoms with van der Waals surface area (Å²) in [5.74, 6) is -2.49. The molecule has 2 aromatic heterocycles. The van der Waals surface area contributed by atoms with Gasteiger partial charge in [-0.1, -0.05) is 72.8 Å². The number of rotatable bonds is 10. The van der Waals surface area contributed by atoms with Crippen LogP contribution in [0.2, 0.25) is 0 Å². The van der Waals surface area contributed by atoms with Crippen LogP contribution in [0.5, 0.6) is 5.75 Å². The summed E-state index contributed by atoms with van der Waals surface area (Å²) >= 11 is 0. The van der Waals surface area contributed by atoms with Crippen molar-refractivity contribution >= 4 is 25.1 Å². The van der Waals surface area contributed by atoms with E-state index in [1.54, 1.807) is 7.11 Å². The zero-order valence-corrected chi connectivity index (χ0v) is 26.1. The first kappa shape index (κ1) is 31.6. The molecule has 1 saturated heterocycles. The van der Waals surface area contributed by atoms with Gasteiger partial charge in [0.05, 0.1) is 13.4 Å². The van der Waals surface area contributed by atoms with Crippen LogP contribution in [0.25, 0.3) is 11.2 Å². The summed E-state index contributed by atoms with van der Waals surface area (Å²) in [5.41, 5.74) is -2.08. The van der Waals surface area contributed by atoms with E-state index in [2.05, 4.69) is 20.3 Å². The molecule has 0 radical (unpaired) electrons. The highest BCUT2D eigenvalue weighted by Gasteiger charge is 2.64. The Morgan fingerprint density at radius 2 is 1.65 bits per heavy atom. The number of halogens is 2. The second kappa shape index (κ2) is 12.1. The maximum absolute atomic E-state index is 15.7. The lowest BCUT2D eigenvalue weighted by Gasteiger charge is -2.37. The summed E-state index contributed by atoms with van der Waals surface area (Å²) in [7, 11) is -1.06. The van der Waals surface area contributed by atoms with E-state index in [0.717, 1.165) is 34.5 Å². The van der Waals surface area contributed by atoms with E-state index in [-0.39, 0.29) is 17.1 Å². The van der Waals surface area contributed by atoms with Crippen LogP contribution in [0.1, 0.15) is 29.8 Å². The molecule has 3 N–H and O–H groups in total. The van der Waals surface area contributed by atoms with Gasteiger partial charge < -0.3 is 24.4 Å². The summed E-state index contributed by atoms with van der Waals surface area (Å²) in [5, 5.41) is 14.6. The van der Waals surface area contributed by atoms with Gasteiger partial charge in [0, 0.05) is 6.66 Å². The van der Waals surface area contributed by atoms with Crippen LogP contribution in [-0.4, -0.2) is 62.6 Å². The standard InChI is InChI=1S/C32H32F2N5O6P/c1-30(41)27(33)31(34,18-44-46(3)42)45-28(30)39-19-35-24-25(39)36-29(37-26(24)40)38-32(20-10-6-4-7-11-20,21-12-8-5-9-13-21)22-14-16-23(43-2)17-15-22/h4-17,19,27-28,41,46H,18H2,1-3H3,(H2,36,37,38,40)/t27-,28+,30+,31+/m0/s1. The van der Waals surface area contributed by atoms with Crippen LogP contribution < -0.4 is 15.6 Å². The van der Waals surface area contributed by atoms with Crippen molar-refractivity contribution in [2.24, 2.45) is 0 Å². The lowest BCUT2D eigenvalue weighted by Crippen LogP contribution is -2.46. The van der Waals surface area contributed by atoms with Crippen molar-refractivity contribution in [1.29, 1.82) is 0 Å². The molecule has 3 heterocycles. The molecule has 14 heteroatoms. The first-order valence-electron chi connectivity index (χ1n) is 14.4. The number of aromatic amines is 1. The third kappa shape index (κ3) is 5.39. The number of aliphatic hydroxyl groups is 1. The molecule has 1 unspecified atom stereocenters. The average Bonchev–Trinajstić information content (AvgIpc) is 3.56. The van der Waals surface area contributed by atoms with Gasteiger partial charge in [0.1, 0.15) is 23.5 Å². The number of methoxy groups -OCH3 is 1. The fourth-order valence-corrected chi connectivity index (χ4v) is 6.24. The number of alkyl halides is 2. The average molecular weight is 652 g/mol. The van der Waals surface area contributed by atoms with Gasteiger partial charge >= 0.3 is 0 Å². The Morgan fingerprint density at radius 3 is 2.22 bits per heavy atom. The summed E-state index contributed by atoms with van der Waals surface area (Å²) in [6.07, 6.45) is -3.19. The third-order valence-electron chi connectivity index (χ3n) is 8.10. The number of aromatic nitrogens is 4. The van der Waals surface area contributed by atoms with E-state index >= 15 is 8.78 Å².